The van der Waals surface area contributed by atoms with Crippen LogP contribution in [0.2, 0.25) is 0 Å². The van der Waals surface area contributed by atoms with Gasteiger partial charge in [-0.1, -0.05) is 32.0 Å². The summed E-state index contributed by atoms with van der Waals surface area (Å²) in [4.78, 5) is 4.59. The maximum atomic E-state index is 5.58. The molecular formula is C19H34IN3O2. The molecule has 25 heavy (non-hydrogen) atoms. The Labute approximate surface area is 170 Å². The number of hydrogen-bond donors (Lipinski definition) is 2. The van der Waals surface area contributed by atoms with Crippen LogP contribution >= 0.6 is 24.0 Å². The van der Waals surface area contributed by atoms with Gasteiger partial charge in [-0.3, -0.25) is 4.99 Å². The molecule has 0 unspecified atom stereocenters. The van der Waals surface area contributed by atoms with Gasteiger partial charge >= 0.3 is 0 Å². The van der Waals surface area contributed by atoms with Crippen molar-refractivity contribution in [3.63, 3.8) is 0 Å². The summed E-state index contributed by atoms with van der Waals surface area (Å²) in [5.74, 6) is 2.38. The molecule has 0 spiro atoms. The van der Waals surface area contributed by atoms with Crippen molar-refractivity contribution >= 4 is 29.9 Å². The lowest BCUT2D eigenvalue weighted by Crippen LogP contribution is -2.38. The summed E-state index contributed by atoms with van der Waals surface area (Å²) in [6, 6.07) is 8.11. The number of guanidine groups is 1. The van der Waals surface area contributed by atoms with E-state index in [0.29, 0.717) is 5.92 Å². The first-order valence-electron chi connectivity index (χ1n) is 8.89. The molecule has 0 saturated heterocycles. The average Bonchev–Trinajstić information content (AvgIpc) is 2.58. The van der Waals surface area contributed by atoms with Gasteiger partial charge in [0.05, 0.1) is 7.11 Å². The van der Waals surface area contributed by atoms with Crippen LogP contribution in [0.4, 0.5) is 0 Å². The average molecular weight is 463 g/mol. The number of hydrogen-bond acceptors (Lipinski definition) is 3. The molecule has 1 aromatic rings. The van der Waals surface area contributed by atoms with Gasteiger partial charge < -0.3 is 20.1 Å². The molecule has 1 aromatic carbocycles. The van der Waals surface area contributed by atoms with Crippen molar-refractivity contribution < 1.29 is 9.47 Å². The van der Waals surface area contributed by atoms with E-state index in [2.05, 4.69) is 42.5 Å². The number of ether oxygens (including phenoxy) is 2. The fraction of sp³-hybridized carbons (Fsp3) is 0.632. The number of para-hydroxylation sites is 1. The van der Waals surface area contributed by atoms with Crippen molar-refractivity contribution in [1.82, 2.24) is 10.6 Å². The van der Waals surface area contributed by atoms with Crippen LogP contribution in [0, 0.1) is 5.92 Å². The van der Waals surface area contributed by atoms with Gasteiger partial charge in [0.1, 0.15) is 5.75 Å². The van der Waals surface area contributed by atoms with Gasteiger partial charge in [0.25, 0.3) is 0 Å². The number of halogens is 1. The predicted molar refractivity (Wildman–Crippen MR) is 116 cm³/mol. The Kier molecular flexibility index (Phi) is 14.6. The highest BCUT2D eigenvalue weighted by Crippen LogP contribution is 2.17. The lowest BCUT2D eigenvalue weighted by Gasteiger charge is -2.13. The predicted octanol–water partition coefficient (Wildman–Crippen LogP) is 3.47. The Bertz CT molecular complexity index is 481. The summed E-state index contributed by atoms with van der Waals surface area (Å²) in [6.45, 7) is 10.4. The van der Waals surface area contributed by atoms with Crippen LogP contribution in [0.25, 0.3) is 0 Å². The molecule has 0 atom stereocenters. The molecule has 0 heterocycles. The third-order valence-electron chi connectivity index (χ3n) is 3.39. The molecule has 0 aromatic heterocycles. The van der Waals surface area contributed by atoms with E-state index in [1.807, 2.05) is 18.2 Å². The number of rotatable bonds is 11. The molecular weight excluding hydrogens is 429 g/mol. The number of aliphatic imine (C=N–C) groups is 1. The maximum absolute atomic E-state index is 5.58. The lowest BCUT2D eigenvalue weighted by molar-refractivity contribution is 0.109. The van der Waals surface area contributed by atoms with E-state index in [1.165, 1.54) is 5.56 Å². The van der Waals surface area contributed by atoms with Gasteiger partial charge in [-0.05, 0) is 37.3 Å². The highest BCUT2D eigenvalue weighted by molar-refractivity contribution is 14.0. The van der Waals surface area contributed by atoms with Gasteiger partial charge in [-0.25, -0.2) is 0 Å². The van der Waals surface area contributed by atoms with Crippen LogP contribution in [0.1, 0.15) is 32.8 Å². The second-order valence-corrected chi connectivity index (χ2v) is 6.07. The Morgan fingerprint density at radius 1 is 1.20 bits per heavy atom. The maximum Gasteiger partial charge on any atom is 0.191 e. The van der Waals surface area contributed by atoms with Gasteiger partial charge in [0.2, 0.25) is 0 Å². The molecule has 1 rings (SSSR count). The third kappa shape index (κ3) is 11.3. The zero-order valence-electron chi connectivity index (χ0n) is 16.0. The smallest absolute Gasteiger partial charge is 0.191 e. The van der Waals surface area contributed by atoms with Gasteiger partial charge in [-0.15, -0.1) is 24.0 Å². The number of methoxy groups -OCH3 is 1. The normalized spacial score (nSPS) is 11.2. The molecule has 0 aliphatic rings. The van der Waals surface area contributed by atoms with Gasteiger partial charge in [0.15, 0.2) is 5.96 Å². The molecule has 144 valence electrons. The summed E-state index contributed by atoms with van der Waals surface area (Å²) in [5.41, 5.74) is 1.20. The zero-order chi connectivity index (χ0) is 17.6. The quantitative estimate of drug-likeness (QED) is 0.229. The van der Waals surface area contributed by atoms with E-state index < -0.39 is 0 Å². The Balaban J connectivity index is 0.00000576. The Morgan fingerprint density at radius 2 is 1.96 bits per heavy atom. The minimum Gasteiger partial charge on any atom is -0.496 e. The van der Waals surface area contributed by atoms with E-state index in [4.69, 9.17) is 9.47 Å². The summed E-state index contributed by atoms with van der Waals surface area (Å²) in [5, 5.41) is 6.65. The van der Waals surface area contributed by atoms with E-state index >= 15 is 0 Å². The molecule has 0 aliphatic carbocycles. The largest absolute Gasteiger partial charge is 0.496 e. The molecule has 0 fully saturated rings. The summed E-state index contributed by atoms with van der Waals surface area (Å²) >= 11 is 0. The topological polar surface area (TPSA) is 54.9 Å². The molecule has 2 N–H and O–H groups in total. The van der Waals surface area contributed by atoms with Crippen LogP contribution in [0.15, 0.2) is 29.3 Å². The summed E-state index contributed by atoms with van der Waals surface area (Å²) in [7, 11) is 1.71. The SMILES string of the molecule is CCNC(=NCCCOCC(C)C)NCCc1ccccc1OC.I. The van der Waals surface area contributed by atoms with Crippen LogP contribution in [-0.4, -0.2) is 45.9 Å². The molecule has 0 saturated carbocycles. The first kappa shape index (κ1) is 24.0. The van der Waals surface area contributed by atoms with Crippen molar-refractivity contribution in [2.75, 3.05) is 40.0 Å². The highest BCUT2D eigenvalue weighted by Gasteiger charge is 2.02. The monoisotopic (exact) mass is 463 g/mol. The fourth-order valence-electron chi connectivity index (χ4n) is 2.24. The van der Waals surface area contributed by atoms with Crippen LogP contribution in [0.3, 0.4) is 0 Å². The molecule has 0 aliphatic heterocycles. The van der Waals surface area contributed by atoms with Crippen molar-refractivity contribution in [2.45, 2.75) is 33.6 Å². The first-order valence-corrected chi connectivity index (χ1v) is 8.89. The van der Waals surface area contributed by atoms with E-state index in [9.17, 15) is 0 Å². The van der Waals surface area contributed by atoms with Gasteiger partial charge in [0, 0.05) is 32.8 Å². The fourth-order valence-corrected chi connectivity index (χ4v) is 2.24. The van der Waals surface area contributed by atoms with Crippen LogP contribution in [-0.2, 0) is 11.2 Å². The Morgan fingerprint density at radius 3 is 2.64 bits per heavy atom. The van der Waals surface area contributed by atoms with Crippen molar-refractivity contribution in [3.05, 3.63) is 29.8 Å². The second kappa shape index (κ2) is 15.3. The summed E-state index contributed by atoms with van der Waals surface area (Å²) < 4.78 is 11.0. The van der Waals surface area contributed by atoms with E-state index in [-0.39, 0.29) is 24.0 Å². The van der Waals surface area contributed by atoms with E-state index in [0.717, 1.165) is 57.4 Å². The highest BCUT2D eigenvalue weighted by atomic mass is 127. The molecule has 6 heteroatoms. The number of nitrogens with one attached hydrogen (secondary N) is 2. The van der Waals surface area contributed by atoms with Crippen molar-refractivity contribution in [1.29, 1.82) is 0 Å². The molecule has 5 nitrogen and oxygen atoms in total. The molecule has 0 amide bonds. The Hall–Kier alpha value is -1.02. The van der Waals surface area contributed by atoms with Crippen LogP contribution in [0.5, 0.6) is 5.75 Å². The number of benzene rings is 1. The van der Waals surface area contributed by atoms with Crippen molar-refractivity contribution in [3.8, 4) is 5.75 Å². The second-order valence-electron chi connectivity index (χ2n) is 6.07. The summed E-state index contributed by atoms with van der Waals surface area (Å²) in [6.07, 6.45) is 1.84. The zero-order valence-corrected chi connectivity index (χ0v) is 18.3. The number of nitrogens with zero attached hydrogens (tertiary/aromatic N) is 1. The minimum absolute atomic E-state index is 0. The van der Waals surface area contributed by atoms with Gasteiger partial charge in [-0.2, -0.15) is 0 Å². The van der Waals surface area contributed by atoms with E-state index in [1.54, 1.807) is 7.11 Å². The van der Waals surface area contributed by atoms with Crippen LogP contribution < -0.4 is 15.4 Å². The third-order valence-corrected chi connectivity index (χ3v) is 3.39. The first-order chi connectivity index (χ1) is 11.7. The minimum atomic E-state index is 0. The van der Waals surface area contributed by atoms with Crippen molar-refractivity contribution in [2.24, 2.45) is 10.9 Å². The lowest BCUT2D eigenvalue weighted by atomic mass is 10.1. The molecule has 0 bridgehead atoms. The standard InChI is InChI=1S/C19H33N3O2.HI/c1-5-20-19(21-12-8-14-24-15-16(2)3)22-13-11-17-9-6-7-10-18(17)23-4;/h6-7,9-10,16H,5,8,11-15H2,1-4H3,(H2,20,21,22);1H. The molecule has 0 radical (unpaired) electrons.